The molecule has 0 aliphatic heterocycles. The summed E-state index contributed by atoms with van der Waals surface area (Å²) in [6.45, 7) is 6.47. The lowest BCUT2D eigenvalue weighted by Crippen LogP contribution is -2.30. The van der Waals surface area contributed by atoms with E-state index >= 15 is 0 Å². The molecular weight excluding hydrogens is 841 g/mol. The van der Waals surface area contributed by atoms with Gasteiger partial charge in [0, 0.05) is 19.3 Å². The van der Waals surface area contributed by atoms with Crippen molar-refractivity contribution in [2.24, 2.45) is 0 Å². The molecule has 0 spiro atoms. The number of unbranched alkanes of at least 4 members (excludes halogenated alkanes) is 26. The lowest BCUT2D eigenvalue weighted by Gasteiger charge is -2.18. The van der Waals surface area contributed by atoms with E-state index in [9.17, 15) is 14.4 Å². The Hall–Kier alpha value is -3.41. The number of rotatable bonds is 51. The van der Waals surface area contributed by atoms with Crippen LogP contribution in [0.4, 0.5) is 0 Å². The fourth-order valence-corrected chi connectivity index (χ4v) is 7.88. The summed E-state index contributed by atoms with van der Waals surface area (Å²) in [6, 6.07) is 0. The molecule has 0 fully saturated rings. The van der Waals surface area contributed by atoms with Gasteiger partial charge in [-0.2, -0.15) is 0 Å². The molecule has 0 unspecified atom stereocenters. The topological polar surface area (TPSA) is 78.9 Å². The van der Waals surface area contributed by atoms with Crippen LogP contribution in [-0.2, 0) is 28.6 Å². The Balaban J connectivity index is 4.49. The van der Waals surface area contributed by atoms with Gasteiger partial charge in [-0.1, -0.05) is 254 Å². The number of esters is 3. The van der Waals surface area contributed by atoms with Crippen LogP contribution in [0.25, 0.3) is 0 Å². The van der Waals surface area contributed by atoms with Crippen molar-refractivity contribution in [1.82, 2.24) is 0 Å². The Labute approximate surface area is 420 Å². The van der Waals surface area contributed by atoms with Gasteiger partial charge in [-0.05, 0) is 83.5 Å². The van der Waals surface area contributed by atoms with Gasteiger partial charge in [-0.3, -0.25) is 14.4 Å². The van der Waals surface area contributed by atoms with Crippen molar-refractivity contribution in [2.45, 2.75) is 277 Å². The van der Waals surface area contributed by atoms with E-state index in [1.807, 2.05) is 6.08 Å². The number of carbonyl (C=O) groups is 3. The Kier molecular flexibility index (Phi) is 53.4. The highest BCUT2D eigenvalue weighted by Gasteiger charge is 2.19. The molecule has 0 bridgehead atoms. The van der Waals surface area contributed by atoms with E-state index in [1.165, 1.54) is 148 Å². The Morgan fingerprint density at radius 2 is 0.603 bits per heavy atom. The Morgan fingerprint density at radius 1 is 0.309 bits per heavy atom. The summed E-state index contributed by atoms with van der Waals surface area (Å²) < 4.78 is 16.8. The molecule has 6 nitrogen and oxygen atoms in total. The summed E-state index contributed by atoms with van der Waals surface area (Å²) in [7, 11) is 0. The monoisotopic (exact) mass is 947 g/mol. The van der Waals surface area contributed by atoms with E-state index in [2.05, 4.69) is 99.8 Å². The zero-order valence-corrected chi connectivity index (χ0v) is 44.6. The van der Waals surface area contributed by atoms with E-state index < -0.39 is 6.10 Å². The maximum atomic E-state index is 12.8. The molecule has 0 amide bonds. The molecule has 6 heteroatoms. The van der Waals surface area contributed by atoms with Crippen LogP contribution < -0.4 is 0 Å². The molecule has 1 atom stereocenters. The molecule has 0 heterocycles. The molecule has 0 saturated heterocycles. The van der Waals surface area contributed by atoms with Gasteiger partial charge in [0.2, 0.25) is 0 Å². The van der Waals surface area contributed by atoms with Gasteiger partial charge in [0.15, 0.2) is 6.10 Å². The van der Waals surface area contributed by atoms with E-state index in [1.54, 1.807) is 0 Å². The van der Waals surface area contributed by atoms with Crippen molar-refractivity contribution in [3.8, 4) is 0 Å². The average molecular weight is 948 g/mol. The largest absolute Gasteiger partial charge is 0.462 e. The molecule has 0 aromatic heterocycles. The van der Waals surface area contributed by atoms with Crippen molar-refractivity contribution in [2.75, 3.05) is 13.2 Å². The van der Waals surface area contributed by atoms with Crippen LogP contribution in [0.2, 0.25) is 0 Å². The number of allylic oxidation sites excluding steroid dienone is 14. The van der Waals surface area contributed by atoms with Gasteiger partial charge in [0.1, 0.15) is 13.2 Å². The van der Waals surface area contributed by atoms with Crippen molar-refractivity contribution < 1.29 is 28.6 Å². The van der Waals surface area contributed by atoms with Crippen molar-refractivity contribution in [3.63, 3.8) is 0 Å². The van der Waals surface area contributed by atoms with Gasteiger partial charge < -0.3 is 14.2 Å². The van der Waals surface area contributed by atoms with Crippen LogP contribution in [-0.4, -0.2) is 37.2 Å². The lowest BCUT2D eigenvalue weighted by molar-refractivity contribution is -0.166. The van der Waals surface area contributed by atoms with E-state index in [0.717, 1.165) is 77.0 Å². The fourth-order valence-electron chi connectivity index (χ4n) is 7.88. The number of ether oxygens (including phenoxy) is 3. The maximum Gasteiger partial charge on any atom is 0.306 e. The summed E-state index contributed by atoms with van der Waals surface area (Å²) in [5.41, 5.74) is 0. The minimum absolute atomic E-state index is 0.0994. The summed E-state index contributed by atoms with van der Waals surface area (Å²) in [5, 5.41) is 0. The number of hydrogen-bond acceptors (Lipinski definition) is 6. The van der Waals surface area contributed by atoms with Crippen LogP contribution in [0.1, 0.15) is 271 Å². The quantitative estimate of drug-likeness (QED) is 0.0262. The van der Waals surface area contributed by atoms with Crippen LogP contribution in [0.5, 0.6) is 0 Å². The molecule has 0 N–H and O–H groups in total. The second-order valence-electron chi connectivity index (χ2n) is 18.8. The van der Waals surface area contributed by atoms with E-state index in [4.69, 9.17) is 14.2 Å². The molecule has 0 rings (SSSR count). The van der Waals surface area contributed by atoms with Crippen molar-refractivity contribution in [1.29, 1.82) is 0 Å². The molecule has 390 valence electrons. The predicted octanol–water partition coefficient (Wildman–Crippen LogP) is 19.2. The molecule has 0 aromatic rings. The van der Waals surface area contributed by atoms with Crippen LogP contribution >= 0.6 is 0 Å². The SMILES string of the molecule is CC/C=C/C/C=C/C/C=C/C/C=C/C/C=C/C/C=C/CCC(=O)OC[C@@H](COC(=O)CCCCCCCCCCCCCCCC)OC(=O)CCCCCCCCC/C=C/CCCCCCCC. The third-order valence-corrected chi connectivity index (χ3v) is 12.1. The highest BCUT2D eigenvalue weighted by atomic mass is 16.6. The first-order valence-electron chi connectivity index (χ1n) is 28.6. The highest BCUT2D eigenvalue weighted by molar-refractivity contribution is 5.71. The highest BCUT2D eigenvalue weighted by Crippen LogP contribution is 2.15. The standard InChI is InChI=1S/C62H106O6/c1-4-7-10-13-16-19-22-25-28-30-31-33-34-37-40-43-46-49-52-55-61(64)67-58-59(57-66-60(63)54-51-48-45-42-39-36-27-24-21-18-15-12-9-6-3)68-62(65)56-53-50-47-44-41-38-35-32-29-26-23-20-17-14-11-8-5-2/h7,10,16,19,25-26,28-29,31,33,37,40,46,49,59H,4-6,8-9,11-15,17-18,20-24,27,30,32,34-36,38-39,41-45,47-48,50-58H2,1-3H3/b10-7+,19-16+,28-25+,29-26+,33-31+,40-37+,49-46+/t59-/m1/s1. The smallest absolute Gasteiger partial charge is 0.306 e. The minimum atomic E-state index is -0.808. The molecule has 0 radical (unpaired) electrons. The second-order valence-corrected chi connectivity index (χ2v) is 18.8. The molecule has 0 aliphatic rings. The summed E-state index contributed by atoms with van der Waals surface area (Å²) in [5.74, 6) is -0.985. The van der Waals surface area contributed by atoms with Gasteiger partial charge in [0.25, 0.3) is 0 Å². The summed E-state index contributed by atoms with van der Waals surface area (Å²) in [6.07, 6.45) is 72.9. The average Bonchev–Trinajstić information content (AvgIpc) is 3.34. The second kappa shape index (κ2) is 56.2. The summed E-state index contributed by atoms with van der Waals surface area (Å²) in [4.78, 5) is 38.1. The first kappa shape index (κ1) is 64.6. The van der Waals surface area contributed by atoms with Crippen LogP contribution in [0, 0.1) is 0 Å². The third-order valence-electron chi connectivity index (χ3n) is 12.1. The van der Waals surface area contributed by atoms with E-state index in [0.29, 0.717) is 19.3 Å². The number of carbonyl (C=O) groups excluding carboxylic acids is 3. The first-order valence-corrected chi connectivity index (χ1v) is 28.6. The molecule has 0 aliphatic carbocycles. The molecular formula is C62H106O6. The Morgan fingerprint density at radius 3 is 0.985 bits per heavy atom. The van der Waals surface area contributed by atoms with Gasteiger partial charge >= 0.3 is 17.9 Å². The lowest BCUT2D eigenvalue weighted by atomic mass is 10.0. The molecule has 0 aromatic carbocycles. The fraction of sp³-hybridized carbons (Fsp3) is 0.726. The van der Waals surface area contributed by atoms with E-state index in [-0.39, 0.29) is 37.5 Å². The van der Waals surface area contributed by atoms with Gasteiger partial charge in [-0.25, -0.2) is 0 Å². The van der Waals surface area contributed by atoms with Crippen LogP contribution in [0.15, 0.2) is 85.1 Å². The van der Waals surface area contributed by atoms with Crippen molar-refractivity contribution in [3.05, 3.63) is 85.1 Å². The van der Waals surface area contributed by atoms with Gasteiger partial charge in [-0.15, -0.1) is 0 Å². The first-order chi connectivity index (χ1) is 33.5. The molecule has 0 saturated carbocycles. The summed E-state index contributed by atoms with van der Waals surface area (Å²) >= 11 is 0. The Bertz CT molecular complexity index is 1320. The van der Waals surface area contributed by atoms with Crippen molar-refractivity contribution >= 4 is 17.9 Å². The third kappa shape index (κ3) is 53.5. The minimum Gasteiger partial charge on any atom is -0.462 e. The van der Waals surface area contributed by atoms with Gasteiger partial charge in [0.05, 0.1) is 0 Å². The normalized spacial score (nSPS) is 12.7. The number of hydrogen-bond donors (Lipinski definition) is 0. The zero-order chi connectivity index (χ0) is 49.3. The molecule has 68 heavy (non-hydrogen) atoms. The predicted molar refractivity (Wildman–Crippen MR) is 293 cm³/mol. The zero-order valence-electron chi connectivity index (χ0n) is 44.6. The maximum absolute atomic E-state index is 12.8. The van der Waals surface area contributed by atoms with Crippen LogP contribution in [0.3, 0.4) is 0 Å².